The minimum atomic E-state index is -4.59. The van der Waals surface area contributed by atoms with Crippen LogP contribution in [0, 0.1) is 0 Å². The van der Waals surface area contributed by atoms with E-state index in [0.717, 1.165) is 12.1 Å². The van der Waals surface area contributed by atoms with Crippen molar-refractivity contribution >= 4 is 29.0 Å². The fraction of sp³-hybridized carbons (Fsp3) is 0.238. The molecule has 0 radical (unpaired) electrons. The molecule has 6 nitrogen and oxygen atoms in total. The first-order valence-electron chi connectivity index (χ1n) is 9.35. The third kappa shape index (κ3) is 3.93. The van der Waals surface area contributed by atoms with Crippen molar-refractivity contribution < 1.29 is 22.8 Å². The number of hydrogen-bond donors (Lipinski definition) is 0. The number of aromatic nitrogens is 3. The molecule has 1 aromatic carbocycles. The number of ketones is 1. The number of Topliss-reactive ketones (excluding diaryl/α,β-unsaturated/α-hetero) is 1. The molecule has 1 aliphatic heterocycles. The Hall–Kier alpha value is -3.20. The van der Waals surface area contributed by atoms with E-state index in [1.54, 1.807) is 18.3 Å². The molecule has 1 atom stereocenters. The highest BCUT2D eigenvalue weighted by Gasteiger charge is 2.36. The standard InChI is InChI=1S/C21H16ClF3N4O2/c1-12-11-28(15-4-5-16(17(22)8-15)21(23,24)25)20(31)19-14(10-27-29(12)19)7-18(30)13-3-2-6-26-9-13/h2-6,8-10,12H,7,11H2,1H3/t12-/m0/s1. The Morgan fingerprint density at radius 2 is 2.03 bits per heavy atom. The number of fused-ring (bicyclic) bond motifs is 1. The van der Waals surface area contributed by atoms with Crippen LogP contribution in [-0.4, -0.2) is 33.0 Å². The van der Waals surface area contributed by atoms with Gasteiger partial charge in [-0.1, -0.05) is 11.6 Å². The Kier molecular flexibility index (Phi) is 5.30. The third-order valence-corrected chi connectivity index (χ3v) is 5.40. The van der Waals surface area contributed by atoms with Crippen LogP contribution in [0.3, 0.4) is 0 Å². The Balaban J connectivity index is 1.66. The molecule has 0 bridgehead atoms. The monoisotopic (exact) mass is 448 g/mol. The highest BCUT2D eigenvalue weighted by molar-refractivity contribution is 6.31. The minimum absolute atomic E-state index is 0.0545. The van der Waals surface area contributed by atoms with Crippen molar-refractivity contribution in [1.82, 2.24) is 14.8 Å². The van der Waals surface area contributed by atoms with Crippen LogP contribution < -0.4 is 4.90 Å². The first-order valence-corrected chi connectivity index (χ1v) is 9.73. The van der Waals surface area contributed by atoms with E-state index in [1.165, 1.54) is 28.0 Å². The second-order valence-corrected chi connectivity index (χ2v) is 7.64. The number of halogens is 4. The maximum atomic E-state index is 13.2. The lowest BCUT2D eigenvalue weighted by Gasteiger charge is -2.32. The second-order valence-electron chi connectivity index (χ2n) is 7.23. The summed E-state index contributed by atoms with van der Waals surface area (Å²) < 4.78 is 40.6. The first-order chi connectivity index (χ1) is 14.7. The number of hydrogen-bond acceptors (Lipinski definition) is 4. The Morgan fingerprint density at radius 1 is 1.26 bits per heavy atom. The lowest BCUT2D eigenvalue weighted by Crippen LogP contribution is -2.43. The van der Waals surface area contributed by atoms with E-state index in [4.69, 9.17) is 11.6 Å². The normalized spacial score (nSPS) is 16.4. The lowest BCUT2D eigenvalue weighted by atomic mass is 10.0. The minimum Gasteiger partial charge on any atom is -0.305 e. The van der Waals surface area contributed by atoms with E-state index in [0.29, 0.717) is 11.1 Å². The smallest absolute Gasteiger partial charge is 0.305 e. The SMILES string of the molecule is C[C@H]1CN(c2ccc(C(F)(F)F)c(Cl)c2)C(=O)c2c(CC(=O)c3cccnc3)cnn21. The van der Waals surface area contributed by atoms with Crippen molar-refractivity contribution in [3.63, 3.8) is 0 Å². The van der Waals surface area contributed by atoms with Gasteiger partial charge < -0.3 is 4.90 Å². The summed E-state index contributed by atoms with van der Waals surface area (Å²) in [5.41, 5.74) is 0.348. The quantitative estimate of drug-likeness (QED) is 0.547. The summed E-state index contributed by atoms with van der Waals surface area (Å²) in [6.45, 7) is 2.03. The predicted molar refractivity (Wildman–Crippen MR) is 107 cm³/mol. The van der Waals surface area contributed by atoms with Crippen molar-refractivity contribution in [3.05, 3.63) is 76.3 Å². The van der Waals surface area contributed by atoms with Crippen LogP contribution in [0.2, 0.25) is 5.02 Å². The van der Waals surface area contributed by atoms with E-state index in [-0.39, 0.29) is 36.2 Å². The van der Waals surface area contributed by atoms with Crippen LogP contribution in [0.25, 0.3) is 0 Å². The number of alkyl halides is 3. The van der Waals surface area contributed by atoms with E-state index in [1.807, 2.05) is 6.92 Å². The number of rotatable bonds is 4. The van der Waals surface area contributed by atoms with Crippen LogP contribution in [0.5, 0.6) is 0 Å². The number of nitrogens with zero attached hydrogens (tertiary/aromatic N) is 4. The highest BCUT2D eigenvalue weighted by Crippen LogP contribution is 2.37. The third-order valence-electron chi connectivity index (χ3n) is 5.09. The van der Waals surface area contributed by atoms with Crippen molar-refractivity contribution in [3.8, 4) is 0 Å². The molecule has 0 aliphatic carbocycles. The van der Waals surface area contributed by atoms with E-state index in [2.05, 4.69) is 10.1 Å². The topological polar surface area (TPSA) is 68.1 Å². The summed E-state index contributed by atoms with van der Waals surface area (Å²) >= 11 is 5.84. The molecule has 0 unspecified atom stereocenters. The zero-order valence-corrected chi connectivity index (χ0v) is 17.0. The molecule has 3 heterocycles. The van der Waals surface area contributed by atoms with Gasteiger partial charge in [-0.3, -0.25) is 19.3 Å². The molecule has 2 aromatic heterocycles. The summed E-state index contributed by atoms with van der Waals surface area (Å²) in [5.74, 6) is -0.681. The van der Waals surface area contributed by atoms with E-state index >= 15 is 0 Å². The van der Waals surface area contributed by atoms with Gasteiger partial charge in [0.05, 0.1) is 22.8 Å². The maximum absolute atomic E-state index is 13.2. The van der Waals surface area contributed by atoms with Gasteiger partial charge in [0.2, 0.25) is 0 Å². The summed E-state index contributed by atoms with van der Waals surface area (Å²) in [6, 6.07) is 6.22. The van der Waals surface area contributed by atoms with Gasteiger partial charge >= 0.3 is 6.18 Å². The molecular formula is C21H16ClF3N4O2. The number of anilines is 1. The van der Waals surface area contributed by atoms with Gasteiger partial charge in [0.1, 0.15) is 5.69 Å². The molecule has 10 heteroatoms. The molecule has 0 spiro atoms. The molecule has 0 saturated carbocycles. The van der Waals surface area contributed by atoms with Crippen molar-refractivity contribution in [1.29, 1.82) is 0 Å². The van der Waals surface area contributed by atoms with Crippen LogP contribution in [0.15, 0.2) is 48.9 Å². The molecule has 3 aromatic rings. The number of carbonyl (C=O) groups is 2. The second kappa shape index (κ2) is 7.81. The fourth-order valence-electron chi connectivity index (χ4n) is 3.58. The van der Waals surface area contributed by atoms with E-state index < -0.39 is 22.7 Å². The highest BCUT2D eigenvalue weighted by atomic mass is 35.5. The predicted octanol–water partition coefficient (Wildman–Crippen LogP) is 4.60. The summed E-state index contributed by atoms with van der Waals surface area (Å²) in [7, 11) is 0. The summed E-state index contributed by atoms with van der Waals surface area (Å²) in [6.07, 6.45) is -0.175. The molecule has 4 rings (SSSR count). The molecule has 0 N–H and O–H groups in total. The number of pyridine rings is 1. The van der Waals surface area contributed by atoms with Gasteiger partial charge in [-0.15, -0.1) is 0 Å². The average Bonchev–Trinajstić information content (AvgIpc) is 3.15. The van der Waals surface area contributed by atoms with Crippen molar-refractivity contribution in [2.45, 2.75) is 25.6 Å². The van der Waals surface area contributed by atoms with Crippen LogP contribution in [0.4, 0.5) is 18.9 Å². The van der Waals surface area contributed by atoms with Gasteiger partial charge in [0.25, 0.3) is 5.91 Å². The van der Waals surface area contributed by atoms with Crippen LogP contribution in [0.1, 0.15) is 44.9 Å². The number of benzene rings is 1. The molecule has 0 fully saturated rings. The Bertz CT molecular complexity index is 1160. The lowest BCUT2D eigenvalue weighted by molar-refractivity contribution is -0.137. The molecule has 31 heavy (non-hydrogen) atoms. The van der Waals surface area contributed by atoms with Crippen molar-refractivity contribution in [2.24, 2.45) is 0 Å². The zero-order chi connectivity index (χ0) is 22.3. The molecule has 0 saturated heterocycles. The molecule has 160 valence electrons. The van der Waals surface area contributed by atoms with Gasteiger partial charge in [0, 0.05) is 42.2 Å². The van der Waals surface area contributed by atoms with Crippen molar-refractivity contribution in [2.75, 3.05) is 11.4 Å². The van der Waals surface area contributed by atoms with Gasteiger partial charge in [0.15, 0.2) is 5.78 Å². The van der Waals surface area contributed by atoms with E-state index in [9.17, 15) is 22.8 Å². The van der Waals surface area contributed by atoms with Gasteiger partial charge in [-0.2, -0.15) is 18.3 Å². The molecule has 1 amide bonds. The number of amides is 1. The maximum Gasteiger partial charge on any atom is 0.417 e. The average molecular weight is 449 g/mol. The Labute approximate surface area is 180 Å². The largest absolute Gasteiger partial charge is 0.417 e. The Morgan fingerprint density at radius 3 is 2.68 bits per heavy atom. The van der Waals surface area contributed by atoms with Crippen LogP contribution >= 0.6 is 11.6 Å². The van der Waals surface area contributed by atoms with Gasteiger partial charge in [-0.25, -0.2) is 0 Å². The zero-order valence-electron chi connectivity index (χ0n) is 16.2. The van der Waals surface area contributed by atoms with Crippen LogP contribution in [-0.2, 0) is 12.6 Å². The summed E-state index contributed by atoms with van der Waals surface area (Å²) in [4.78, 5) is 31.1. The first kappa shape index (κ1) is 21.0. The molecular weight excluding hydrogens is 433 g/mol. The number of carbonyl (C=O) groups excluding carboxylic acids is 2. The molecule has 1 aliphatic rings. The fourth-order valence-corrected chi connectivity index (χ4v) is 3.86. The summed E-state index contributed by atoms with van der Waals surface area (Å²) in [5, 5.41) is 3.76. The van der Waals surface area contributed by atoms with Gasteiger partial charge in [-0.05, 0) is 37.3 Å².